The van der Waals surface area contributed by atoms with E-state index in [1.807, 2.05) is 29.2 Å². The standard InChI is InChI=1S/C19H28N2O4.ClH/c1-13(2)15-10-21(12-19(23)24)11-16(15)20-18(22)9-8-14-6-4-5-7-17(14)25-3;/h4-7,13,15-16H,8-12H2,1-3H3,(H,20,22)(H,23,24);1H/t15-,16+;/m1./s1. The molecule has 0 unspecified atom stereocenters. The second kappa shape index (κ2) is 10.4. The van der Waals surface area contributed by atoms with E-state index in [1.54, 1.807) is 7.11 Å². The number of rotatable bonds is 8. The van der Waals surface area contributed by atoms with Crippen LogP contribution in [0.1, 0.15) is 25.8 Å². The molecular formula is C19H29ClN2O4. The molecule has 1 aliphatic heterocycles. The summed E-state index contributed by atoms with van der Waals surface area (Å²) in [5.41, 5.74) is 1.01. The summed E-state index contributed by atoms with van der Waals surface area (Å²) >= 11 is 0. The van der Waals surface area contributed by atoms with Gasteiger partial charge >= 0.3 is 5.97 Å². The number of hydrogen-bond donors (Lipinski definition) is 2. The Bertz CT molecular complexity index is 609. The minimum absolute atomic E-state index is 0. The zero-order valence-corrected chi connectivity index (χ0v) is 16.4. The quantitative estimate of drug-likeness (QED) is 0.718. The van der Waals surface area contributed by atoms with Crippen molar-refractivity contribution >= 4 is 24.3 Å². The van der Waals surface area contributed by atoms with Gasteiger partial charge in [-0.1, -0.05) is 32.0 Å². The highest BCUT2D eigenvalue weighted by Gasteiger charge is 2.36. The minimum atomic E-state index is -0.828. The number of para-hydroxylation sites is 1. The van der Waals surface area contributed by atoms with Crippen molar-refractivity contribution in [2.24, 2.45) is 11.8 Å². The molecule has 7 heteroatoms. The summed E-state index contributed by atoms with van der Waals surface area (Å²) < 4.78 is 5.32. The normalized spacial score (nSPS) is 19.8. The lowest BCUT2D eigenvalue weighted by molar-refractivity contribution is -0.138. The first kappa shape index (κ1) is 22.3. The highest BCUT2D eigenvalue weighted by atomic mass is 35.5. The van der Waals surface area contributed by atoms with Crippen molar-refractivity contribution in [2.75, 3.05) is 26.7 Å². The Morgan fingerprint density at radius 3 is 2.62 bits per heavy atom. The highest BCUT2D eigenvalue weighted by Crippen LogP contribution is 2.24. The van der Waals surface area contributed by atoms with Crippen molar-refractivity contribution in [3.63, 3.8) is 0 Å². The van der Waals surface area contributed by atoms with Crippen LogP contribution in [0.5, 0.6) is 5.75 Å². The van der Waals surface area contributed by atoms with E-state index in [0.717, 1.165) is 11.3 Å². The smallest absolute Gasteiger partial charge is 0.317 e. The molecule has 1 aromatic rings. The number of carboxylic acid groups (broad SMARTS) is 1. The van der Waals surface area contributed by atoms with Gasteiger partial charge in [0.2, 0.25) is 5.91 Å². The number of likely N-dealkylation sites (tertiary alicyclic amines) is 1. The number of nitrogens with one attached hydrogen (secondary N) is 1. The SMILES string of the molecule is COc1ccccc1CCC(=O)N[C@H]1CN(CC(=O)O)C[C@@H]1C(C)C.Cl. The van der Waals surface area contributed by atoms with E-state index in [-0.39, 0.29) is 36.8 Å². The van der Waals surface area contributed by atoms with Crippen LogP contribution in [-0.4, -0.2) is 54.7 Å². The molecule has 1 aromatic carbocycles. The number of nitrogens with zero attached hydrogens (tertiary/aromatic N) is 1. The molecule has 1 fully saturated rings. The molecule has 1 saturated heterocycles. The lowest BCUT2D eigenvalue weighted by Crippen LogP contribution is -2.42. The van der Waals surface area contributed by atoms with Crippen LogP contribution >= 0.6 is 12.4 Å². The number of aryl methyl sites for hydroxylation is 1. The molecule has 0 spiro atoms. The molecule has 2 rings (SSSR count). The molecule has 1 heterocycles. The van der Waals surface area contributed by atoms with Crippen LogP contribution in [0, 0.1) is 11.8 Å². The average molecular weight is 385 g/mol. The molecule has 0 aromatic heterocycles. The molecule has 0 saturated carbocycles. The number of aliphatic carboxylic acids is 1. The summed E-state index contributed by atoms with van der Waals surface area (Å²) in [5.74, 6) is 0.626. The summed E-state index contributed by atoms with van der Waals surface area (Å²) in [6.45, 7) is 5.56. The Kier molecular flexibility index (Phi) is 8.88. The lowest BCUT2D eigenvalue weighted by atomic mass is 9.91. The second-order valence-corrected chi connectivity index (χ2v) is 6.98. The number of carbonyl (C=O) groups is 2. The van der Waals surface area contributed by atoms with Gasteiger partial charge in [0.05, 0.1) is 13.7 Å². The topological polar surface area (TPSA) is 78.9 Å². The fourth-order valence-electron chi connectivity index (χ4n) is 3.50. The Morgan fingerprint density at radius 2 is 2.00 bits per heavy atom. The number of benzene rings is 1. The van der Waals surface area contributed by atoms with Crippen molar-refractivity contribution in [1.29, 1.82) is 0 Å². The third kappa shape index (κ3) is 6.18. The van der Waals surface area contributed by atoms with Crippen molar-refractivity contribution in [2.45, 2.75) is 32.7 Å². The summed E-state index contributed by atoms with van der Waals surface area (Å²) in [4.78, 5) is 25.2. The minimum Gasteiger partial charge on any atom is -0.496 e. The molecule has 26 heavy (non-hydrogen) atoms. The third-order valence-electron chi connectivity index (χ3n) is 4.82. The van der Waals surface area contributed by atoms with Crippen LogP contribution in [0.2, 0.25) is 0 Å². The molecular weight excluding hydrogens is 356 g/mol. The molecule has 2 N–H and O–H groups in total. The third-order valence-corrected chi connectivity index (χ3v) is 4.82. The van der Waals surface area contributed by atoms with E-state index in [2.05, 4.69) is 19.2 Å². The fourth-order valence-corrected chi connectivity index (χ4v) is 3.50. The van der Waals surface area contributed by atoms with Crippen LogP contribution in [0.3, 0.4) is 0 Å². The van der Waals surface area contributed by atoms with Gasteiger partial charge < -0.3 is 15.2 Å². The van der Waals surface area contributed by atoms with Crippen molar-refractivity contribution < 1.29 is 19.4 Å². The highest BCUT2D eigenvalue weighted by molar-refractivity contribution is 5.85. The number of hydrogen-bond acceptors (Lipinski definition) is 4. The number of carboxylic acids is 1. The molecule has 0 radical (unpaired) electrons. The largest absolute Gasteiger partial charge is 0.496 e. The van der Waals surface area contributed by atoms with Gasteiger partial charge in [-0.2, -0.15) is 0 Å². The zero-order chi connectivity index (χ0) is 18.4. The van der Waals surface area contributed by atoms with E-state index in [9.17, 15) is 9.59 Å². The van der Waals surface area contributed by atoms with Gasteiger partial charge in [-0.3, -0.25) is 14.5 Å². The van der Waals surface area contributed by atoms with E-state index < -0.39 is 5.97 Å². The van der Waals surface area contributed by atoms with Crippen LogP contribution < -0.4 is 10.1 Å². The predicted octanol–water partition coefficient (Wildman–Crippen LogP) is 2.21. The lowest BCUT2D eigenvalue weighted by Gasteiger charge is -2.23. The summed E-state index contributed by atoms with van der Waals surface area (Å²) in [7, 11) is 1.63. The van der Waals surface area contributed by atoms with Crippen molar-refractivity contribution in [3.05, 3.63) is 29.8 Å². The van der Waals surface area contributed by atoms with Crippen LogP contribution in [-0.2, 0) is 16.0 Å². The summed E-state index contributed by atoms with van der Waals surface area (Å²) in [5, 5.41) is 12.1. The number of ether oxygens (including phenoxy) is 1. The van der Waals surface area contributed by atoms with Gasteiger partial charge in [0.25, 0.3) is 0 Å². The van der Waals surface area contributed by atoms with Gasteiger partial charge in [0.1, 0.15) is 5.75 Å². The summed E-state index contributed by atoms with van der Waals surface area (Å²) in [6.07, 6.45) is 1.01. The van der Waals surface area contributed by atoms with Gasteiger partial charge in [-0.15, -0.1) is 12.4 Å². The first-order valence-electron chi connectivity index (χ1n) is 8.76. The predicted molar refractivity (Wildman–Crippen MR) is 103 cm³/mol. The maximum Gasteiger partial charge on any atom is 0.317 e. The van der Waals surface area contributed by atoms with Crippen LogP contribution in [0.4, 0.5) is 0 Å². The van der Waals surface area contributed by atoms with Gasteiger partial charge in [0, 0.05) is 25.6 Å². The van der Waals surface area contributed by atoms with Crippen LogP contribution in [0.15, 0.2) is 24.3 Å². The molecule has 0 aliphatic carbocycles. The first-order valence-corrected chi connectivity index (χ1v) is 8.76. The van der Waals surface area contributed by atoms with Gasteiger partial charge in [-0.25, -0.2) is 0 Å². The molecule has 0 bridgehead atoms. The summed E-state index contributed by atoms with van der Waals surface area (Å²) in [6, 6.07) is 7.71. The number of amides is 1. The van der Waals surface area contributed by atoms with E-state index in [1.165, 1.54) is 0 Å². The number of methoxy groups -OCH3 is 1. The Balaban J connectivity index is 0.00000338. The van der Waals surface area contributed by atoms with Crippen LogP contribution in [0.25, 0.3) is 0 Å². The fraction of sp³-hybridized carbons (Fsp3) is 0.579. The molecule has 1 amide bonds. The van der Waals surface area contributed by atoms with Crippen molar-refractivity contribution in [1.82, 2.24) is 10.2 Å². The van der Waals surface area contributed by atoms with Gasteiger partial charge in [-0.05, 0) is 29.9 Å². The maximum atomic E-state index is 12.4. The number of carbonyl (C=O) groups excluding carboxylic acids is 1. The second-order valence-electron chi connectivity index (χ2n) is 6.98. The Labute approximate surface area is 161 Å². The van der Waals surface area contributed by atoms with E-state index in [0.29, 0.717) is 31.8 Å². The monoisotopic (exact) mass is 384 g/mol. The first-order chi connectivity index (χ1) is 11.9. The average Bonchev–Trinajstić information content (AvgIpc) is 2.94. The Morgan fingerprint density at radius 1 is 1.31 bits per heavy atom. The van der Waals surface area contributed by atoms with E-state index in [4.69, 9.17) is 9.84 Å². The zero-order valence-electron chi connectivity index (χ0n) is 15.6. The Hall–Kier alpha value is -1.79. The maximum absolute atomic E-state index is 12.4. The molecule has 1 aliphatic rings. The molecule has 2 atom stereocenters. The number of halogens is 1. The molecule has 6 nitrogen and oxygen atoms in total. The van der Waals surface area contributed by atoms with E-state index >= 15 is 0 Å². The molecule has 146 valence electrons. The van der Waals surface area contributed by atoms with Crippen molar-refractivity contribution in [3.8, 4) is 5.75 Å². The van der Waals surface area contributed by atoms with Gasteiger partial charge in [0.15, 0.2) is 0 Å².